The number of Topliss-reactive ketones (excluding diaryl/α,β-unsaturated/α-hetero) is 1. The quantitative estimate of drug-likeness (QED) is 0.166. The predicted molar refractivity (Wildman–Crippen MR) is 151 cm³/mol. The van der Waals surface area contributed by atoms with Crippen molar-refractivity contribution in [2.24, 2.45) is 16.2 Å². The first-order valence-corrected chi connectivity index (χ1v) is 13.8. The molecule has 0 radical (unpaired) electrons. The fourth-order valence-corrected chi connectivity index (χ4v) is 5.10. The van der Waals surface area contributed by atoms with Crippen LogP contribution in [0.1, 0.15) is 112 Å². The van der Waals surface area contributed by atoms with E-state index in [1.807, 2.05) is 0 Å². The fourth-order valence-electron chi connectivity index (χ4n) is 5.10. The molecule has 0 aromatic rings. The van der Waals surface area contributed by atoms with Gasteiger partial charge in [0.1, 0.15) is 11.2 Å². The summed E-state index contributed by atoms with van der Waals surface area (Å²) in [6, 6.07) is 0. The first kappa shape index (κ1) is 47.6. The van der Waals surface area contributed by atoms with E-state index in [0.29, 0.717) is 38.9 Å². The van der Waals surface area contributed by atoms with Gasteiger partial charge in [-0.25, -0.2) is 0 Å². The summed E-state index contributed by atoms with van der Waals surface area (Å²) in [5.74, 6) is -1.43. The summed E-state index contributed by atoms with van der Waals surface area (Å²) in [5.41, 5.74) is -2.40. The zero-order valence-electron chi connectivity index (χ0n) is 25.8. The molecule has 3 aliphatic rings. The number of carboxylic acids is 1. The van der Waals surface area contributed by atoms with Crippen LogP contribution in [-0.4, -0.2) is 78.3 Å². The average molecular weight is 590 g/mol. The molecular weight excluding hydrogens is 537 g/mol. The largest absolute Gasteiger partial charge is 1.00 e. The Morgan fingerprint density at radius 1 is 0.780 bits per heavy atom. The SMILES string of the molecule is CCOC(=O)[C@]1(C)CCCCC1=O.CCOC(=O)[C@]1(C)CCCCC1O.C[C@@]1(C(=O)O)CCCCC1O.[BH4-].[Li+].[Na+].[OH-]. The van der Waals surface area contributed by atoms with Gasteiger partial charge in [-0.2, -0.15) is 0 Å². The average Bonchev–Trinajstić information content (AvgIpc) is 2.86. The van der Waals surface area contributed by atoms with Gasteiger partial charge in [0.2, 0.25) is 0 Å². The summed E-state index contributed by atoms with van der Waals surface area (Å²) in [4.78, 5) is 45.3. The van der Waals surface area contributed by atoms with Crippen LogP contribution in [0.2, 0.25) is 0 Å². The summed E-state index contributed by atoms with van der Waals surface area (Å²) in [6.07, 6.45) is 8.41. The van der Waals surface area contributed by atoms with Crippen LogP contribution >= 0.6 is 0 Å². The second-order valence-corrected chi connectivity index (χ2v) is 11.1. The van der Waals surface area contributed by atoms with Crippen LogP contribution in [0.15, 0.2) is 0 Å². The number of aliphatic hydroxyl groups excluding tert-OH is 2. The second kappa shape index (κ2) is 22.2. The van der Waals surface area contributed by atoms with Crippen LogP contribution < -0.4 is 48.4 Å². The van der Waals surface area contributed by atoms with Crippen molar-refractivity contribution >= 4 is 32.1 Å². The molecule has 41 heavy (non-hydrogen) atoms. The van der Waals surface area contributed by atoms with Gasteiger partial charge in [-0.05, 0) is 73.1 Å². The van der Waals surface area contributed by atoms with Gasteiger partial charge in [-0.3, -0.25) is 19.2 Å². The molecule has 0 amide bonds. The Labute approximate surface area is 281 Å². The number of hydrogen-bond acceptors (Lipinski definition) is 9. The molecule has 0 spiro atoms. The van der Waals surface area contributed by atoms with E-state index in [9.17, 15) is 29.4 Å². The molecule has 0 aromatic carbocycles. The molecule has 3 aliphatic carbocycles. The van der Waals surface area contributed by atoms with Gasteiger partial charge in [-0.15, -0.1) is 0 Å². The topological polar surface area (TPSA) is 177 Å². The van der Waals surface area contributed by atoms with Gasteiger partial charge in [0, 0.05) is 6.42 Å². The third-order valence-electron chi connectivity index (χ3n) is 8.22. The zero-order chi connectivity index (χ0) is 28.3. The van der Waals surface area contributed by atoms with Crippen molar-refractivity contribution in [2.75, 3.05) is 13.2 Å². The molecule has 4 N–H and O–H groups in total. The molecule has 5 atom stereocenters. The van der Waals surface area contributed by atoms with Gasteiger partial charge in [0.25, 0.3) is 0 Å². The molecule has 2 unspecified atom stereocenters. The Kier molecular flexibility index (Phi) is 25.7. The minimum absolute atomic E-state index is 0. The van der Waals surface area contributed by atoms with Crippen LogP contribution in [0, 0.1) is 16.2 Å². The summed E-state index contributed by atoms with van der Waals surface area (Å²) >= 11 is 0. The van der Waals surface area contributed by atoms with E-state index in [1.54, 1.807) is 34.6 Å². The van der Waals surface area contributed by atoms with Crippen molar-refractivity contribution in [3.05, 3.63) is 0 Å². The monoisotopic (exact) mass is 590 g/mol. The third kappa shape index (κ3) is 13.0. The summed E-state index contributed by atoms with van der Waals surface area (Å²) in [7, 11) is 0. The number of esters is 2. The molecule has 3 rings (SSSR count). The first-order chi connectivity index (χ1) is 17.3. The molecular formula is C28H53BLiNaO10. The van der Waals surface area contributed by atoms with E-state index in [4.69, 9.17) is 14.6 Å². The summed E-state index contributed by atoms with van der Waals surface area (Å²) < 4.78 is 9.85. The van der Waals surface area contributed by atoms with Crippen molar-refractivity contribution in [3.63, 3.8) is 0 Å². The number of rotatable bonds is 5. The Bertz CT molecular complexity index is 804. The van der Waals surface area contributed by atoms with E-state index in [1.165, 1.54) is 0 Å². The molecule has 0 aliphatic heterocycles. The first-order valence-electron chi connectivity index (χ1n) is 13.8. The maximum absolute atomic E-state index is 11.5. The van der Waals surface area contributed by atoms with E-state index in [2.05, 4.69) is 0 Å². The second-order valence-electron chi connectivity index (χ2n) is 11.1. The van der Waals surface area contributed by atoms with Crippen molar-refractivity contribution < 1.29 is 97.9 Å². The fraction of sp³-hybridized carbons (Fsp3) is 0.857. The van der Waals surface area contributed by atoms with Crippen LogP contribution in [-0.2, 0) is 28.7 Å². The Morgan fingerprint density at radius 3 is 1.56 bits per heavy atom. The number of aliphatic hydroxyl groups is 2. The number of ketones is 1. The van der Waals surface area contributed by atoms with Gasteiger partial charge >= 0.3 is 66.3 Å². The molecule has 0 heterocycles. The van der Waals surface area contributed by atoms with Crippen molar-refractivity contribution in [3.8, 4) is 0 Å². The smallest absolute Gasteiger partial charge is 0.870 e. The van der Waals surface area contributed by atoms with E-state index in [0.717, 1.165) is 51.4 Å². The van der Waals surface area contributed by atoms with Crippen LogP contribution in [0.5, 0.6) is 0 Å². The maximum Gasteiger partial charge on any atom is 1.00 e. The zero-order valence-corrected chi connectivity index (χ0v) is 27.8. The third-order valence-corrected chi connectivity index (χ3v) is 8.22. The Hall–Kier alpha value is -0.378. The standard InChI is InChI=1S/C10H18O3.C10H16O3.C8H14O3.BH4.Li.Na.H2O/c2*1-3-13-9(12)10(2)7-5-4-6-8(10)11;1-8(7(10)11)5-3-2-4-6(8)9;;;;/h8,11H,3-7H2,1-2H3;3-7H2,1-2H3;6,9H,2-5H2,1H3,(H,10,11);1H4;;;1H2/q;;;-1;2*+1;/p-1/t8?,10-;10-;6?,8-;;;;/m111..../s1. The molecule has 10 nitrogen and oxygen atoms in total. The predicted octanol–water partition coefficient (Wildman–Crippen LogP) is -3.42. The number of carboxylic acid groups (broad SMARTS) is 1. The van der Waals surface area contributed by atoms with Crippen LogP contribution in [0.3, 0.4) is 0 Å². The molecule has 13 heteroatoms. The van der Waals surface area contributed by atoms with E-state index < -0.39 is 34.4 Å². The maximum atomic E-state index is 11.5. The van der Waals surface area contributed by atoms with Gasteiger partial charge in [0.05, 0.1) is 36.3 Å². The molecule has 0 bridgehead atoms. The Balaban J connectivity index is -0.000000240. The normalized spacial score (nSPS) is 30.3. The van der Waals surface area contributed by atoms with E-state index in [-0.39, 0.29) is 80.0 Å². The van der Waals surface area contributed by atoms with Gasteiger partial charge in [-0.1, -0.05) is 40.5 Å². The summed E-state index contributed by atoms with van der Waals surface area (Å²) in [5, 5.41) is 28.0. The molecule has 230 valence electrons. The van der Waals surface area contributed by atoms with Crippen molar-refractivity contribution in [1.29, 1.82) is 0 Å². The number of carbonyl (C=O) groups is 4. The van der Waals surface area contributed by atoms with Crippen LogP contribution in [0.4, 0.5) is 0 Å². The minimum Gasteiger partial charge on any atom is -0.870 e. The number of hydrogen-bond donors (Lipinski definition) is 3. The van der Waals surface area contributed by atoms with Crippen molar-refractivity contribution in [2.45, 2.75) is 124 Å². The van der Waals surface area contributed by atoms with Gasteiger partial charge < -0.3 is 30.3 Å². The van der Waals surface area contributed by atoms with Crippen molar-refractivity contribution in [1.82, 2.24) is 0 Å². The minimum atomic E-state index is -0.891. The molecule has 0 aromatic heterocycles. The number of ether oxygens (including phenoxy) is 2. The van der Waals surface area contributed by atoms with E-state index >= 15 is 0 Å². The molecule has 3 saturated carbocycles. The Morgan fingerprint density at radius 2 is 1.20 bits per heavy atom. The van der Waals surface area contributed by atoms with Crippen LogP contribution in [0.25, 0.3) is 0 Å². The molecule has 0 saturated heterocycles. The number of carbonyl (C=O) groups excluding carboxylic acids is 3. The number of aliphatic carboxylic acids is 1. The summed E-state index contributed by atoms with van der Waals surface area (Å²) in [6.45, 7) is 9.41. The molecule has 3 fully saturated rings. The van der Waals surface area contributed by atoms with Gasteiger partial charge in [0.15, 0.2) is 0 Å².